The third kappa shape index (κ3) is 6.66. The van der Waals surface area contributed by atoms with E-state index in [1.807, 2.05) is 0 Å². The summed E-state index contributed by atoms with van der Waals surface area (Å²) in [5.74, 6) is -2.35. The smallest absolute Gasteiger partial charge is 0.352 e. The zero-order valence-corrected chi connectivity index (χ0v) is 23.5. The Balaban J connectivity index is 1.31. The minimum atomic E-state index is -1.59. The molecule has 0 aliphatic carbocycles. The van der Waals surface area contributed by atoms with E-state index in [4.69, 9.17) is 21.4 Å². The minimum absolute atomic E-state index is 0.00132. The van der Waals surface area contributed by atoms with Gasteiger partial charge in [-0.3, -0.25) is 14.5 Å². The summed E-state index contributed by atoms with van der Waals surface area (Å²) in [6.45, 7) is 2.62. The Morgan fingerprint density at radius 3 is 2.80 bits per heavy atom. The van der Waals surface area contributed by atoms with E-state index in [2.05, 4.69) is 34.8 Å². The first-order chi connectivity index (χ1) is 18.9. The summed E-state index contributed by atoms with van der Waals surface area (Å²) in [7, 11) is -1.39. The number of carboxylic acids is 2. The molecule has 3 aliphatic heterocycles. The highest BCUT2D eigenvalue weighted by Gasteiger charge is 2.45. The third-order valence-electron chi connectivity index (χ3n) is 5.51. The van der Waals surface area contributed by atoms with E-state index in [9.17, 15) is 24.3 Å². The predicted octanol–water partition coefficient (Wildman–Crippen LogP) is -1.56. The molecule has 1 saturated heterocycles. The van der Waals surface area contributed by atoms with Crippen LogP contribution in [0.15, 0.2) is 30.3 Å². The van der Waals surface area contributed by atoms with Gasteiger partial charge in [-0.1, -0.05) is 16.3 Å². The Morgan fingerprint density at radius 1 is 1.38 bits per heavy atom. The summed E-state index contributed by atoms with van der Waals surface area (Å²) < 4.78 is 9.18. The van der Waals surface area contributed by atoms with Gasteiger partial charge in [-0.2, -0.15) is 4.40 Å². The molecule has 3 unspecified atom stereocenters. The van der Waals surface area contributed by atoms with E-state index in [1.54, 1.807) is 0 Å². The molecule has 4 rings (SSSR count). The number of carbonyl (C=O) groups is 4. The standard InChI is InChI=1S/C19H25N11O7S3/c1-19(2,16(35)36)37-28-40-17(21)23-10(25-40)3-11(31)22-9(20)5-29-18(24-26-27-29)39-7-8-6-38-13-4-12(32)30(13)14(8)15(33)34/h9,13H,3-7,20H2,1-2H3,(H,22,31)(H,33,34)(H,35,36)(H2,21,23,25). The first kappa shape index (κ1) is 29.6. The lowest BCUT2D eigenvalue weighted by Crippen LogP contribution is -2.54. The second-order valence-corrected chi connectivity index (χ2v) is 12.4. The number of aromatic nitrogens is 4. The number of nitrogens with one attached hydrogen (secondary N) is 1. The molecular formula is C19H25N11O7S3. The Morgan fingerprint density at radius 2 is 2.12 bits per heavy atom. The molecule has 2 amide bonds. The van der Waals surface area contributed by atoms with Crippen molar-refractivity contribution in [1.82, 2.24) is 30.4 Å². The number of aliphatic carboxylic acids is 2. The molecule has 0 radical (unpaired) electrons. The molecule has 0 bridgehead atoms. The van der Waals surface area contributed by atoms with Crippen molar-refractivity contribution in [3.05, 3.63) is 11.3 Å². The van der Waals surface area contributed by atoms with Crippen molar-refractivity contribution < 1.29 is 34.2 Å². The van der Waals surface area contributed by atoms with Crippen molar-refractivity contribution in [3.63, 3.8) is 0 Å². The lowest BCUT2D eigenvalue weighted by Gasteiger charge is -2.43. The maximum atomic E-state index is 12.5. The average Bonchev–Trinajstić information content (AvgIpc) is 3.45. The van der Waals surface area contributed by atoms with Gasteiger partial charge in [-0.05, 0) is 29.8 Å². The summed E-state index contributed by atoms with van der Waals surface area (Å²) in [4.78, 5) is 57.6. The van der Waals surface area contributed by atoms with Crippen molar-refractivity contribution in [2.75, 3.05) is 11.5 Å². The molecule has 1 aromatic rings. The summed E-state index contributed by atoms with van der Waals surface area (Å²) in [5.41, 5.74) is 10.8. The van der Waals surface area contributed by atoms with Gasteiger partial charge >= 0.3 is 11.9 Å². The highest BCUT2D eigenvalue weighted by Crippen LogP contribution is 2.41. The third-order valence-corrected chi connectivity index (χ3v) is 8.90. The number of nitrogens with two attached hydrogens (primary N) is 2. The molecule has 216 valence electrons. The number of carbonyl (C=O) groups excluding carboxylic acids is 2. The molecule has 0 saturated carbocycles. The van der Waals surface area contributed by atoms with Crippen LogP contribution >= 0.6 is 23.5 Å². The first-order valence-electron chi connectivity index (χ1n) is 11.5. The van der Waals surface area contributed by atoms with Crippen LogP contribution in [0.3, 0.4) is 0 Å². The van der Waals surface area contributed by atoms with Crippen molar-refractivity contribution >= 4 is 69.2 Å². The predicted molar refractivity (Wildman–Crippen MR) is 143 cm³/mol. The fraction of sp³-hybridized carbons (Fsp3) is 0.526. The number of fused-ring (bicyclic) bond motifs is 1. The highest BCUT2D eigenvalue weighted by molar-refractivity contribution is 8.01. The van der Waals surface area contributed by atoms with Crippen LogP contribution in [0.25, 0.3) is 0 Å². The Labute approximate surface area is 237 Å². The Bertz CT molecular complexity index is 1370. The number of hydrogen-bond acceptors (Lipinski definition) is 14. The molecule has 4 heterocycles. The number of aliphatic imine (C=N–C) groups is 1. The van der Waals surface area contributed by atoms with Crippen LogP contribution < -0.4 is 16.8 Å². The van der Waals surface area contributed by atoms with Gasteiger partial charge in [0, 0.05) is 11.5 Å². The van der Waals surface area contributed by atoms with Gasteiger partial charge in [0.05, 0.1) is 30.9 Å². The average molecular weight is 616 g/mol. The Hall–Kier alpha value is -3.40. The van der Waals surface area contributed by atoms with Crippen LogP contribution in [0.2, 0.25) is 0 Å². The number of thioether (sulfide) groups is 2. The quantitative estimate of drug-likeness (QED) is 0.0770. The lowest BCUT2D eigenvalue weighted by molar-refractivity contribution is -0.160. The number of tetrazole rings is 1. The molecule has 18 nitrogen and oxygen atoms in total. The molecule has 40 heavy (non-hydrogen) atoms. The zero-order valence-electron chi connectivity index (χ0n) is 21.1. The summed E-state index contributed by atoms with van der Waals surface area (Å²) >= 11 is 2.69. The molecule has 0 spiro atoms. The van der Waals surface area contributed by atoms with Crippen molar-refractivity contribution in [2.45, 2.75) is 55.5 Å². The van der Waals surface area contributed by atoms with Crippen LogP contribution in [0.5, 0.6) is 0 Å². The lowest BCUT2D eigenvalue weighted by atomic mass is 10.1. The molecular weight excluding hydrogens is 590 g/mol. The van der Waals surface area contributed by atoms with Crippen molar-refractivity contribution in [3.8, 4) is 0 Å². The summed E-state index contributed by atoms with van der Waals surface area (Å²) in [6.07, 6.45) is -0.848. The van der Waals surface area contributed by atoms with E-state index >= 15 is 0 Å². The molecule has 0 aromatic carbocycles. The number of carboxylic acid groups (broad SMARTS) is 2. The van der Waals surface area contributed by atoms with Crippen LogP contribution in [0, 0.1) is 0 Å². The van der Waals surface area contributed by atoms with E-state index < -0.39 is 40.5 Å². The maximum absolute atomic E-state index is 12.5. The van der Waals surface area contributed by atoms with Gasteiger partial charge in [0.2, 0.25) is 17.0 Å². The zero-order chi connectivity index (χ0) is 29.2. The Kier molecular flexibility index (Phi) is 8.87. The van der Waals surface area contributed by atoms with E-state index in [0.717, 1.165) is 0 Å². The van der Waals surface area contributed by atoms with E-state index in [1.165, 1.54) is 47.0 Å². The van der Waals surface area contributed by atoms with Gasteiger partial charge in [0.15, 0.2) is 16.6 Å². The molecule has 1 aromatic heterocycles. The molecule has 7 N–H and O–H groups in total. The minimum Gasteiger partial charge on any atom is -0.479 e. The van der Waals surface area contributed by atoms with Crippen LogP contribution in [-0.4, -0.2) is 98.7 Å². The molecule has 3 aliphatic rings. The van der Waals surface area contributed by atoms with Crippen molar-refractivity contribution in [1.29, 1.82) is 0 Å². The van der Waals surface area contributed by atoms with E-state index in [0.29, 0.717) is 22.9 Å². The number of β-lactam (4-membered cyclic amide) rings is 1. The number of rotatable bonds is 12. The maximum Gasteiger partial charge on any atom is 0.352 e. The molecule has 1 fully saturated rings. The second-order valence-electron chi connectivity index (χ2n) is 8.98. The number of hydrogen-bond donors (Lipinski definition) is 5. The SMILES string of the molecule is CC(C)(O/N=S1\N=C(CC(=O)NC(N)Cn2nnnc2SCC2=C(C(=O)O)N3C(=O)CC3SC2)N=C1N)C(=O)O. The number of amidine groups is 2. The van der Waals surface area contributed by atoms with Crippen LogP contribution in [0.1, 0.15) is 26.7 Å². The topological polar surface area (TPSA) is 266 Å². The number of amides is 2. The first-order valence-corrected chi connectivity index (χ1v) is 14.6. The van der Waals surface area contributed by atoms with Gasteiger partial charge in [0.25, 0.3) is 0 Å². The van der Waals surface area contributed by atoms with Crippen LogP contribution in [-0.2, 0) is 41.4 Å². The van der Waals surface area contributed by atoms with Gasteiger partial charge < -0.3 is 27.0 Å². The number of nitrogens with zero attached hydrogens (tertiary/aromatic N) is 8. The van der Waals surface area contributed by atoms with Gasteiger partial charge in [-0.15, -0.1) is 16.9 Å². The van der Waals surface area contributed by atoms with E-state index in [-0.39, 0.29) is 46.7 Å². The molecule has 3 atom stereocenters. The fourth-order valence-corrected chi connectivity index (χ4v) is 6.66. The van der Waals surface area contributed by atoms with Gasteiger partial charge in [0.1, 0.15) is 16.6 Å². The summed E-state index contributed by atoms with van der Waals surface area (Å²) in [5, 5.41) is 32.9. The largest absolute Gasteiger partial charge is 0.479 e. The van der Waals surface area contributed by atoms with Crippen LogP contribution in [0.4, 0.5) is 0 Å². The highest BCUT2D eigenvalue weighted by atomic mass is 32.2. The summed E-state index contributed by atoms with van der Waals surface area (Å²) in [6, 6.07) is 0. The second kappa shape index (κ2) is 12.0. The fourth-order valence-electron chi connectivity index (χ4n) is 3.42. The van der Waals surface area contributed by atoms with Crippen molar-refractivity contribution in [2.24, 2.45) is 25.4 Å². The molecule has 21 heteroatoms. The monoisotopic (exact) mass is 615 g/mol. The normalized spacial score (nSPS) is 21.5. The van der Waals surface area contributed by atoms with Gasteiger partial charge in [-0.25, -0.2) is 24.1 Å².